The molecule has 1 fully saturated rings. The first-order valence-corrected chi connectivity index (χ1v) is 12.6. The quantitative estimate of drug-likeness (QED) is 0.409. The predicted molar refractivity (Wildman–Crippen MR) is 144 cm³/mol. The molecule has 5 rings (SSSR count). The van der Waals surface area contributed by atoms with Crippen LogP contribution in [-0.2, 0) is 22.2 Å². The highest BCUT2D eigenvalue weighted by Gasteiger charge is 2.52. The third-order valence-electron chi connectivity index (χ3n) is 7.49. The molecule has 4 N–H and O–H groups in total. The van der Waals surface area contributed by atoms with E-state index < -0.39 is 25.4 Å². The first kappa shape index (κ1) is 28.0. The SMILES string of the molecule is COc1cc(B(O)O)cc2c1C(=O)NCC2.COc1cc(B2OC(C)(C)C(C)(C)O2)cc2c1C(=O)NCC2. The highest BCUT2D eigenvalue weighted by Crippen LogP contribution is 2.37. The van der Waals surface area contributed by atoms with Crippen LogP contribution in [0.2, 0.25) is 0 Å². The van der Waals surface area contributed by atoms with Gasteiger partial charge in [0.05, 0.1) is 36.5 Å². The van der Waals surface area contributed by atoms with Crippen molar-refractivity contribution in [2.24, 2.45) is 0 Å². The van der Waals surface area contributed by atoms with Crippen LogP contribution in [0.1, 0.15) is 59.5 Å². The van der Waals surface area contributed by atoms with E-state index in [-0.39, 0.29) is 11.8 Å². The van der Waals surface area contributed by atoms with Crippen molar-refractivity contribution in [3.8, 4) is 11.5 Å². The molecular weight excluding hydrogens is 490 g/mol. The van der Waals surface area contributed by atoms with Crippen LogP contribution >= 0.6 is 0 Å². The summed E-state index contributed by atoms with van der Waals surface area (Å²) in [4.78, 5) is 23.7. The Balaban J connectivity index is 0.000000186. The monoisotopic (exact) mass is 524 g/mol. The Morgan fingerprint density at radius 3 is 1.76 bits per heavy atom. The molecule has 3 aliphatic rings. The lowest BCUT2D eigenvalue weighted by Crippen LogP contribution is -2.41. The van der Waals surface area contributed by atoms with Gasteiger partial charge in [-0.25, -0.2) is 0 Å². The van der Waals surface area contributed by atoms with Gasteiger partial charge in [0, 0.05) is 13.1 Å². The van der Waals surface area contributed by atoms with Crippen LogP contribution in [-0.4, -0.2) is 74.6 Å². The van der Waals surface area contributed by atoms with Crippen LogP contribution in [0.3, 0.4) is 0 Å². The number of amides is 2. The third kappa shape index (κ3) is 5.26. The normalized spacial score (nSPS) is 18.8. The van der Waals surface area contributed by atoms with Crippen molar-refractivity contribution in [2.45, 2.75) is 51.7 Å². The molecule has 0 aromatic heterocycles. The van der Waals surface area contributed by atoms with Crippen LogP contribution in [0.4, 0.5) is 0 Å². The Hall–Kier alpha value is -3.05. The zero-order chi connectivity index (χ0) is 27.8. The number of carbonyl (C=O) groups is 2. The standard InChI is InChI=1S/C16H22BNO4.C10H12BNO4/c1-15(2)16(3,4)22-17(21-15)11-8-10-6-7-18-14(19)13(10)12(9-11)20-5;1-16-8-5-7(11(14)15)4-6-2-3-12-10(13)9(6)8/h8-9H,6-7H2,1-5H3,(H,18,19);4-5,14-15H,2-3H2,1H3,(H,12,13). The van der Waals surface area contributed by atoms with Crippen molar-refractivity contribution in [1.29, 1.82) is 0 Å². The van der Waals surface area contributed by atoms with Gasteiger partial charge < -0.3 is 39.5 Å². The maximum Gasteiger partial charge on any atom is 0.494 e. The molecular formula is C26H34B2N2O8. The Morgan fingerprint density at radius 1 is 0.816 bits per heavy atom. The highest BCUT2D eigenvalue weighted by atomic mass is 16.7. The van der Waals surface area contributed by atoms with Crippen LogP contribution in [0.5, 0.6) is 11.5 Å². The van der Waals surface area contributed by atoms with Gasteiger partial charge in [0.15, 0.2) is 0 Å². The van der Waals surface area contributed by atoms with Crippen LogP contribution in [0.15, 0.2) is 24.3 Å². The van der Waals surface area contributed by atoms with Gasteiger partial charge in [0.1, 0.15) is 11.5 Å². The zero-order valence-corrected chi connectivity index (χ0v) is 22.6. The number of hydrogen-bond acceptors (Lipinski definition) is 8. The molecule has 0 unspecified atom stereocenters. The minimum atomic E-state index is -1.55. The van der Waals surface area contributed by atoms with E-state index in [4.69, 9.17) is 28.8 Å². The number of rotatable bonds is 4. The molecule has 3 aliphatic heterocycles. The van der Waals surface area contributed by atoms with Crippen molar-refractivity contribution in [2.75, 3.05) is 27.3 Å². The summed E-state index contributed by atoms with van der Waals surface area (Å²) >= 11 is 0. The van der Waals surface area contributed by atoms with Gasteiger partial charge in [-0.2, -0.15) is 0 Å². The molecule has 202 valence electrons. The maximum atomic E-state index is 12.1. The summed E-state index contributed by atoms with van der Waals surface area (Å²) in [6.45, 7) is 9.29. The zero-order valence-electron chi connectivity index (χ0n) is 22.6. The second kappa shape index (κ2) is 10.6. The Labute approximate surface area is 223 Å². The van der Waals surface area contributed by atoms with E-state index in [2.05, 4.69) is 10.6 Å². The van der Waals surface area contributed by atoms with E-state index in [1.54, 1.807) is 13.2 Å². The second-order valence-corrected chi connectivity index (χ2v) is 10.5. The van der Waals surface area contributed by atoms with Crippen molar-refractivity contribution >= 4 is 37.0 Å². The molecule has 3 heterocycles. The second-order valence-electron chi connectivity index (χ2n) is 10.5. The molecule has 10 nitrogen and oxygen atoms in total. The molecule has 12 heteroatoms. The Morgan fingerprint density at radius 2 is 1.29 bits per heavy atom. The van der Waals surface area contributed by atoms with Crippen LogP contribution in [0.25, 0.3) is 0 Å². The number of nitrogens with one attached hydrogen (secondary N) is 2. The summed E-state index contributed by atoms with van der Waals surface area (Å²) in [6.07, 6.45) is 1.45. The predicted octanol–water partition coefficient (Wildman–Crippen LogP) is -0.0588. The lowest BCUT2D eigenvalue weighted by molar-refractivity contribution is 0.00578. The lowest BCUT2D eigenvalue weighted by atomic mass is 9.76. The molecule has 1 saturated heterocycles. The minimum Gasteiger partial charge on any atom is -0.496 e. The molecule has 0 spiro atoms. The first-order valence-electron chi connectivity index (χ1n) is 12.6. The van der Waals surface area contributed by atoms with E-state index >= 15 is 0 Å². The number of benzene rings is 2. The topological polar surface area (TPSA) is 136 Å². The maximum absolute atomic E-state index is 12.1. The molecule has 2 amide bonds. The number of methoxy groups -OCH3 is 2. The summed E-state index contributed by atoms with van der Waals surface area (Å²) in [5, 5.41) is 23.8. The average molecular weight is 524 g/mol. The molecule has 2 aromatic carbocycles. The van der Waals surface area contributed by atoms with Gasteiger partial charge in [-0.05, 0) is 74.7 Å². The highest BCUT2D eigenvalue weighted by molar-refractivity contribution is 6.62. The molecule has 0 bridgehead atoms. The number of carbonyl (C=O) groups excluding carboxylic acids is 2. The molecule has 0 radical (unpaired) electrons. The van der Waals surface area contributed by atoms with Crippen LogP contribution in [0, 0.1) is 0 Å². The van der Waals surface area contributed by atoms with Gasteiger partial charge in [-0.3, -0.25) is 9.59 Å². The Bertz CT molecular complexity index is 1200. The first-order chi connectivity index (χ1) is 17.9. The fourth-order valence-electron chi connectivity index (χ4n) is 4.69. The van der Waals surface area contributed by atoms with Gasteiger partial charge >= 0.3 is 14.2 Å². The summed E-state index contributed by atoms with van der Waals surface area (Å²) in [5.74, 6) is 0.674. The average Bonchev–Trinajstić information content (AvgIpc) is 3.09. The minimum absolute atomic E-state index is 0.0847. The number of fused-ring (bicyclic) bond motifs is 2. The van der Waals surface area contributed by atoms with E-state index in [0.29, 0.717) is 47.6 Å². The van der Waals surface area contributed by atoms with Crippen molar-refractivity contribution in [3.63, 3.8) is 0 Å². The molecule has 0 atom stereocenters. The van der Waals surface area contributed by atoms with Crippen molar-refractivity contribution in [1.82, 2.24) is 10.6 Å². The fraction of sp³-hybridized carbons (Fsp3) is 0.462. The largest absolute Gasteiger partial charge is 0.496 e. The number of ether oxygens (including phenoxy) is 2. The molecule has 0 aliphatic carbocycles. The molecule has 38 heavy (non-hydrogen) atoms. The van der Waals surface area contributed by atoms with Gasteiger partial charge in [-0.15, -0.1) is 0 Å². The summed E-state index contributed by atoms with van der Waals surface area (Å²) in [7, 11) is 1.02. The van der Waals surface area contributed by atoms with E-state index in [1.807, 2.05) is 39.8 Å². The van der Waals surface area contributed by atoms with E-state index in [9.17, 15) is 9.59 Å². The van der Waals surface area contributed by atoms with Crippen LogP contribution < -0.4 is 31.0 Å². The van der Waals surface area contributed by atoms with Gasteiger partial charge in [-0.1, -0.05) is 12.1 Å². The Kier molecular flexibility index (Phi) is 7.81. The van der Waals surface area contributed by atoms with Crippen molar-refractivity contribution < 1.29 is 38.4 Å². The van der Waals surface area contributed by atoms with Crippen molar-refractivity contribution in [3.05, 3.63) is 46.5 Å². The van der Waals surface area contributed by atoms with E-state index in [0.717, 1.165) is 23.0 Å². The lowest BCUT2D eigenvalue weighted by Gasteiger charge is -2.32. The number of hydrogen-bond donors (Lipinski definition) is 4. The molecule has 2 aromatic rings. The van der Waals surface area contributed by atoms with E-state index in [1.165, 1.54) is 13.2 Å². The van der Waals surface area contributed by atoms with Gasteiger partial charge in [0.2, 0.25) is 0 Å². The molecule has 0 saturated carbocycles. The van der Waals surface area contributed by atoms with Gasteiger partial charge in [0.25, 0.3) is 11.8 Å². The fourth-order valence-corrected chi connectivity index (χ4v) is 4.69. The smallest absolute Gasteiger partial charge is 0.494 e. The third-order valence-corrected chi connectivity index (χ3v) is 7.49. The summed E-state index contributed by atoms with van der Waals surface area (Å²) in [5.41, 5.74) is 3.32. The summed E-state index contributed by atoms with van der Waals surface area (Å²) in [6, 6.07) is 6.93. The summed E-state index contributed by atoms with van der Waals surface area (Å²) < 4.78 is 22.7.